The van der Waals surface area contributed by atoms with E-state index in [-0.39, 0.29) is 40.8 Å². The van der Waals surface area contributed by atoms with Crippen LogP contribution in [0.1, 0.15) is 46.0 Å². The number of aldehydes is 1. The molecular weight excluding hydrogens is 312 g/mol. The Kier molecular flexibility index (Phi) is 3.73. The van der Waals surface area contributed by atoms with Gasteiger partial charge in [0.1, 0.15) is 6.29 Å². The summed E-state index contributed by atoms with van der Waals surface area (Å²) in [6.07, 6.45) is 11.7. The van der Waals surface area contributed by atoms with Gasteiger partial charge in [-0.05, 0) is 73.3 Å². The molecule has 4 aliphatic carbocycles. The summed E-state index contributed by atoms with van der Waals surface area (Å²) in [5, 5.41) is 20.8. The smallest absolute Gasteiger partial charge is 0.142 e. The summed E-state index contributed by atoms with van der Waals surface area (Å²) in [4.78, 5) is 11.2. The summed E-state index contributed by atoms with van der Waals surface area (Å²) in [6.45, 7) is 8.52. The third kappa shape index (κ3) is 1.77. The Hall–Kier alpha value is -1.19. The Morgan fingerprint density at radius 1 is 1.40 bits per heavy atom. The van der Waals surface area contributed by atoms with Gasteiger partial charge in [0.2, 0.25) is 0 Å². The van der Waals surface area contributed by atoms with Crippen LogP contribution in [-0.2, 0) is 4.79 Å². The van der Waals surface area contributed by atoms with Crippen molar-refractivity contribution in [3.63, 3.8) is 0 Å². The first-order chi connectivity index (χ1) is 11.9. The molecule has 7 unspecified atom stereocenters. The second-order valence-electron chi connectivity index (χ2n) is 8.99. The molecule has 4 fully saturated rings. The van der Waals surface area contributed by atoms with Crippen LogP contribution in [-0.4, -0.2) is 29.2 Å². The molecule has 3 nitrogen and oxygen atoms in total. The SMILES string of the molecule is C=C(CO)C1CCC2C1(C)CC(O)C1C3(/C=C\C)/C(=C\C=O)CCC213. The predicted octanol–water partition coefficient (Wildman–Crippen LogP) is 3.43. The zero-order valence-electron chi connectivity index (χ0n) is 15.4. The quantitative estimate of drug-likeness (QED) is 0.467. The summed E-state index contributed by atoms with van der Waals surface area (Å²) in [6, 6.07) is 0. The van der Waals surface area contributed by atoms with Gasteiger partial charge in [0.05, 0.1) is 12.7 Å². The lowest BCUT2D eigenvalue weighted by Crippen LogP contribution is -2.44. The molecule has 0 aromatic rings. The second kappa shape index (κ2) is 5.40. The predicted molar refractivity (Wildman–Crippen MR) is 97.7 cm³/mol. The first-order valence-electron chi connectivity index (χ1n) is 9.69. The van der Waals surface area contributed by atoms with E-state index in [4.69, 9.17) is 0 Å². The number of allylic oxidation sites excluding steroid dienone is 4. The minimum atomic E-state index is -0.347. The number of hydrogen-bond acceptors (Lipinski definition) is 3. The molecule has 3 heteroatoms. The van der Waals surface area contributed by atoms with Crippen LogP contribution in [0.5, 0.6) is 0 Å². The lowest BCUT2D eigenvalue weighted by atomic mass is 9.58. The van der Waals surface area contributed by atoms with E-state index in [0.29, 0.717) is 5.92 Å². The van der Waals surface area contributed by atoms with Gasteiger partial charge in [-0.15, -0.1) is 0 Å². The largest absolute Gasteiger partial charge is 0.393 e. The Morgan fingerprint density at radius 3 is 2.80 bits per heavy atom. The van der Waals surface area contributed by atoms with Crippen LogP contribution in [0, 0.1) is 34.0 Å². The molecular formula is C22H30O3. The zero-order valence-corrected chi connectivity index (χ0v) is 15.4. The van der Waals surface area contributed by atoms with E-state index >= 15 is 0 Å². The number of carbonyl (C=O) groups excluding carboxylic acids is 1. The monoisotopic (exact) mass is 342 g/mol. The Bertz CT molecular complexity index is 677. The number of aliphatic hydroxyl groups excluding tert-OH is 2. The van der Waals surface area contributed by atoms with E-state index in [0.717, 1.165) is 44.0 Å². The topological polar surface area (TPSA) is 57.5 Å². The fourth-order valence-corrected chi connectivity index (χ4v) is 8.00. The molecule has 7 atom stereocenters. The van der Waals surface area contributed by atoms with Crippen molar-refractivity contribution < 1.29 is 15.0 Å². The average molecular weight is 342 g/mol. The van der Waals surface area contributed by atoms with Crippen molar-refractivity contribution in [3.8, 4) is 0 Å². The van der Waals surface area contributed by atoms with Gasteiger partial charge in [-0.1, -0.05) is 31.2 Å². The minimum absolute atomic E-state index is 0.00428. The second-order valence-corrected chi connectivity index (χ2v) is 8.99. The van der Waals surface area contributed by atoms with Crippen LogP contribution < -0.4 is 0 Å². The summed E-state index contributed by atoms with van der Waals surface area (Å²) in [7, 11) is 0. The van der Waals surface area contributed by atoms with E-state index in [2.05, 4.69) is 25.7 Å². The summed E-state index contributed by atoms with van der Waals surface area (Å²) in [5.74, 6) is 1.06. The Morgan fingerprint density at radius 2 is 2.16 bits per heavy atom. The fourth-order valence-electron chi connectivity index (χ4n) is 8.00. The highest BCUT2D eigenvalue weighted by Crippen LogP contribution is 2.89. The first-order valence-corrected chi connectivity index (χ1v) is 9.69. The van der Waals surface area contributed by atoms with Crippen LogP contribution in [0.4, 0.5) is 0 Å². The fraction of sp³-hybridized carbons (Fsp3) is 0.682. The molecule has 0 aromatic heterocycles. The Balaban J connectivity index is 1.83. The van der Waals surface area contributed by atoms with Crippen molar-refractivity contribution in [2.24, 2.45) is 34.0 Å². The number of fused-ring (bicyclic) bond motifs is 2. The summed E-state index contributed by atoms with van der Waals surface area (Å²) < 4.78 is 0. The molecule has 1 spiro atoms. The summed E-state index contributed by atoms with van der Waals surface area (Å²) >= 11 is 0. The molecule has 0 aliphatic heterocycles. The molecule has 0 aromatic carbocycles. The van der Waals surface area contributed by atoms with Crippen molar-refractivity contribution >= 4 is 6.29 Å². The van der Waals surface area contributed by atoms with Crippen LogP contribution >= 0.6 is 0 Å². The lowest BCUT2D eigenvalue weighted by molar-refractivity contribution is -0.104. The van der Waals surface area contributed by atoms with Gasteiger partial charge < -0.3 is 10.2 Å². The highest BCUT2D eigenvalue weighted by molar-refractivity contribution is 5.69. The van der Waals surface area contributed by atoms with Gasteiger partial charge in [-0.2, -0.15) is 0 Å². The third-order valence-electron chi connectivity index (χ3n) is 8.46. The molecule has 136 valence electrons. The van der Waals surface area contributed by atoms with Gasteiger partial charge in [-0.25, -0.2) is 0 Å². The first kappa shape index (κ1) is 17.2. The number of hydrogen-bond donors (Lipinski definition) is 2. The lowest BCUT2D eigenvalue weighted by Gasteiger charge is -2.47. The van der Waals surface area contributed by atoms with Crippen LogP contribution in [0.2, 0.25) is 0 Å². The normalized spacial score (nSPS) is 52.1. The molecule has 4 aliphatic rings. The highest BCUT2D eigenvalue weighted by atomic mass is 16.3. The number of rotatable bonds is 4. The van der Waals surface area contributed by atoms with E-state index in [1.54, 1.807) is 6.08 Å². The van der Waals surface area contributed by atoms with Crippen molar-refractivity contribution in [1.82, 2.24) is 0 Å². The van der Waals surface area contributed by atoms with E-state index in [1.807, 2.05) is 6.92 Å². The van der Waals surface area contributed by atoms with Gasteiger partial charge in [0.25, 0.3) is 0 Å². The Labute approximate surface area is 150 Å². The van der Waals surface area contributed by atoms with E-state index < -0.39 is 0 Å². The maximum atomic E-state index is 11.2. The maximum Gasteiger partial charge on any atom is 0.142 e. The van der Waals surface area contributed by atoms with Crippen molar-refractivity contribution in [2.45, 2.75) is 52.1 Å². The molecule has 4 saturated carbocycles. The molecule has 0 radical (unpaired) electrons. The molecule has 0 bridgehead atoms. The number of aliphatic hydroxyl groups is 2. The van der Waals surface area contributed by atoms with Crippen LogP contribution in [0.3, 0.4) is 0 Å². The molecule has 25 heavy (non-hydrogen) atoms. The molecule has 0 heterocycles. The summed E-state index contributed by atoms with van der Waals surface area (Å²) in [5.41, 5.74) is 2.10. The van der Waals surface area contributed by atoms with Crippen LogP contribution in [0.15, 0.2) is 36.0 Å². The molecule has 0 amide bonds. The molecule has 4 rings (SSSR count). The van der Waals surface area contributed by atoms with Crippen molar-refractivity contribution in [2.75, 3.05) is 6.61 Å². The molecule has 0 saturated heterocycles. The van der Waals surface area contributed by atoms with Gasteiger partial charge >= 0.3 is 0 Å². The van der Waals surface area contributed by atoms with Crippen LogP contribution in [0.25, 0.3) is 0 Å². The number of carbonyl (C=O) groups is 1. The average Bonchev–Trinajstić information content (AvgIpc) is 2.82. The maximum absolute atomic E-state index is 11.2. The molecule has 2 N–H and O–H groups in total. The van der Waals surface area contributed by atoms with Gasteiger partial charge in [-0.3, -0.25) is 4.79 Å². The van der Waals surface area contributed by atoms with Gasteiger partial charge in [0, 0.05) is 11.3 Å². The van der Waals surface area contributed by atoms with Crippen molar-refractivity contribution in [3.05, 3.63) is 36.0 Å². The van der Waals surface area contributed by atoms with Gasteiger partial charge in [0.15, 0.2) is 0 Å². The van der Waals surface area contributed by atoms with E-state index in [1.165, 1.54) is 5.57 Å². The van der Waals surface area contributed by atoms with E-state index in [9.17, 15) is 15.0 Å². The minimum Gasteiger partial charge on any atom is -0.393 e. The highest BCUT2D eigenvalue weighted by Gasteiger charge is 2.86. The zero-order chi connectivity index (χ0) is 18.0. The third-order valence-corrected chi connectivity index (χ3v) is 8.46. The standard InChI is InChI=1S/C22H30O3/c1-4-9-21-15(8-11-23)7-10-22(21)18-6-5-16(14(2)13-24)20(18,3)12-17(25)19(21)22/h4,8-9,11,16-19,24-25H,2,5-7,10,12-13H2,1,3H3/b9-4-,15-8-. The van der Waals surface area contributed by atoms with Crippen molar-refractivity contribution in [1.29, 1.82) is 0 Å².